The van der Waals surface area contributed by atoms with Crippen molar-refractivity contribution in [2.45, 2.75) is 31.8 Å². The van der Waals surface area contributed by atoms with Gasteiger partial charge in [-0.25, -0.2) is 0 Å². The molecule has 28 heavy (non-hydrogen) atoms. The molecule has 0 aromatic heterocycles. The Bertz CT molecular complexity index is 880. The van der Waals surface area contributed by atoms with Gasteiger partial charge in [-0.15, -0.1) is 0 Å². The first-order valence-electron chi connectivity index (χ1n) is 9.90. The molecule has 4 rings (SSSR count). The lowest BCUT2D eigenvalue weighted by atomic mass is 9.98. The Labute approximate surface area is 166 Å². The first-order chi connectivity index (χ1) is 13.6. The third kappa shape index (κ3) is 3.47. The molecule has 1 amide bonds. The molecular formula is C23H28N2O3. The summed E-state index contributed by atoms with van der Waals surface area (Å²) in [6.45, 7) is 1.82. The number of carbonyl (C=O) groups excluding carboxylic acids is 1. The lowest BCUT2D eigenvalue weighted by molar-refractivity contribution is -0.133. The van der Waals surface area contributed by atoms with Gasteiger partial charge in [0.25, 0.3) is 0 Å². The zero-order valence-electron chi connectivity index (χ0n) is 16.9. The van der Waals surface area contributed by atoms with E-state index in [9.17, 15) is 4.79 Å². The van der Waals surface area contributed by atoms with E-state index in [-0.39, 0.29) is 5.91 Å². The van der Waals surface area contributed by atoms with Gasteiger partial charge in [0.2, 0.25) is 5.91 Å². The molecule has 5 nitrogen and oxygen atoms in total. The van der Waals surface area contributed by atoms with Crippen LogP contribution in [0.3, 0.4) is 0 Å². The zero-order valence-corrected chi connectivity index (χ0v) is 16.9. The number of rotatable bonds is 5. The second kappa shape index (κ2) is 7.84. The molecule has 0 saturated heterocycles. The smallest absolute Gasteiger partial charge is 0.237 e. The Morgan fingerprint density at radius 3 is 2.54 bits per heavy atom. The van der Waals surface area contributed by atoms with Crippen LogP contribution in [0.15, 0.2) is 36.4 Å². The normalized spacial score (nSPS) is 18.0. The third-order valence-corrected chi connectivity index (χ3v) is 6.09. The minimum atomic E-state index is 0.187. The Hall–Kier alpha value is -2.53. The number of hydrogen-bond donors (Lipinski definition) is 0. The lowest BCUT2D eigenvalue weighted by Crippen LogP contribution is -2.42. The van der Waals surface area contributed by atoms with Crippen molar-refractivity contribution in [2.24, 2.45) is 0 Å². The topological polar surface area (TPSA) is 42.0 Å². The Kier molecular flexibility index (Phi) is 5.27. The molecule has 1 unspecified atom stereocenters. The van der Waals surface area contributed by atoms with E-state index >= 15 is 0 Å². The van der Waals surface area contributed by atoms with Crippen LogP contribution < -0.4 is 9.47 Å². The van der Waals surface area contributed by atoms with Gasteiger partial charge in [0.1, 0.15) is 0 Å². The number of hydrogen-bond acceptors (Lipinski definition) is 4. The highest BCUT2D eigenvalue weighted by atomic mass is 16.5. The Balaban J connectivity index is 1.44. The van der Waals surface area contributed by atoms with Crippen molar-refractivity contribution in [3.05, 3.63) is 58.7 Å². The number of aryl methyl sites for hydroxylation is 1. The molecule has 1 heterocycles. The van der Waals surface area contributed by atoms with Gasteiger partial charge >= 0.3 is 0 Å². The molecule has 0 bridgehead atoms. The highest BCUT2D eigenvalue weighted by molar-refractivity contribution is 5.78. The summed E-state index contributed by atoms with van der Waals surface area (Å²) in [7, 11) is 5.36. The molecule has 2 aromatic carbocycles. The van der Waals surface area contributed by atoms with Crippen LogP contribution in [0, 0.1) is 0 Å². The molecule has 0 N–H and O–H groups in total. The van der Waals surface area contributed by atoms with E-state index < -0.39 is 0 Å². The fourth-order valence-corrected chi connectivity index (χ4v) is 4.51. The van der Waals surface area contributed by atoms with Gasteiger partial charge in [-0.05, 0) is 60.7 Å². The van der Waals surface area contributed by atoms with E-state index in [0.717, 1.165) is 42.9 Å². The zero-order chi connectivity index (χ0) is 19.7. The minimum Gasteiger partial charge on any atom is -0.493 e. The molecule has 1 aliphatic heterocycles. The van der Waals surface area contributed by atoms with Crippen LogP contribution in [-0.4, -0.2) is 50.1 Å². The van der Waals surface area contributed by atoms with E-state index in [1.807, 2.05) is 17.0 Å². The first kappa shape index (κ1) is 18.8. The Morgan fingerprint density at radius 2 is 1.79 bits per heavy atom. The summed E-state index contributed by atoms with van der Waals surface area (Å²) in [5.41, 5.74) is 5.17. The van der Waals surface area contributed by atoms with Crippen molar-refractivity contribution < 1.29 is 14.3 Å². The largest absolute Gasteiger partial charge is 0.493 e. The van der Waals surface area contributed by atoms with Crippen molar-refractivity contribution >= 4 is 5.91 Å². The average Bonchev–Trinajstić information content (AvgIpc) is 3.16. The van der Waals surface area contributed by atoms with Gasteiger partial charge in [0.15, 0.2) is 11.5 Å². The highest BCUT2D eigenvalue weighted by Crippen LogP contribution is 2.35. The highest BCUT2D eigenvalue weighted by Gasteiger charge is 2.29. The summed E-state index contributed by atoms with van der Waals surface area (Å²) < 4.78 is 10.8. The molecule has 0 saturated carbocycles. The van der Waals surface area contributed by atoms with Crippen LogP contribution >= 0.6 is 0 Å². The molecule has 2 aliphatic rings. The number of likely N-dealkylation sites (N-methyl/N-ethyl adjacent to an activating group) is 1. The maximum Gasteiger partial charge on any atom is 0.237 e. The fourth-order valence-electron chi connectivity index (χ4n) is 4.51. The van der Waals surface area contributed by atoms with E-state index in [1.165, 1.54) is 16.7 Å². The number of carbonyl (C=O) groups is 1. The molecule has 1 aliphatic carbocycles. The van der Waals surface area contributed by atoms with E-state index in [4.69, 9.17) is 9.47 Å². The lowest BCUT2D eigenvalue weighted by Gasteiger charge is -2.32. The van der Waals surface area contributed by atoms with Crippen LogP contribution in [0.5, 0.6) is 11.5 Å². The van der Waals surface area contributed by atoms with E-state index in [2.05, 4.69) is 36.2 Å². The second-order valence-electron chi connectivity index (χ2n) is 7.71. The summed E-state index contributed by atoms with van der Waals surface area (Å²) in [5, 5.41) is 0. The predicted molar refractivity (Wildman–Crippen MR) is 109 cm³/mol. The molecule has 1 atom stereocenters. The molecule has 0 spiro atoms. The summed E-state index contributed by atoms with van der Waals surface area (Å²) in [4.78, 5) is 17.2. The SMILES string of the molecule is COc1cc2c(cc1OC)CN(C(=O)CN(C)C1CCc3ccccc31)CC2. The van der Waals surface area contributed by atoms with Gasteiger partial charge in [0.05, 0.1) is 20.8 Å². The van der Waals surface area contributed by atoms with Gasteiger partial charge in [-0.3, -0.25) is 9.69 Å². The van der Waals surface area contributed by atoms with Crippen LogP contribution in [-0.2, 0) is 24.2 Å². The monoisotopic (exact) mass is 380 g/mol. The third-order valence-electron chi connectivity index (χ3n) is 6.09. The Morgan fingerprint density at radius 1 is 1.07 bits per heavy atom. The first-order valence-corrected chi connectivity index (χ1v) is 9.90. The standard InChI is InChI=1S/C23H28N2O3/c1-24(20-9-8-16-6-4-5-7-19(16)20)15-23(26)25-11-10-17-12-21(27-2)22(28-3)13-18(17)14-25/h4-7,12-13,20H,8-11,14-15H2,1-3H3. The maximum atomic E-state index is 13.0. The average molecular weight is 380 g/mol. The quantitative estimate of drug-likeness (QED) is 0.799. The molecule has 148 valence electrons. The van der Waals surface area contributed by atoms with Crippen molar-refractivity contribution in [1.82, 2.24) is 9.80 Å². The summed E-state index contributed by atoms with van der Waals surface area (Å²) in [6.07, 6.45) is 3.03. The summed E-state index contributed by atoms with van der Waals surface area (Å²) >= 11 is 0. The van der Waals surface area contributed by atoms with E-state index in [1.54, 1.807) is 14.2 Å². The van der Waals surface area contributed by atoms with Gasteiger partial charge in [-0.2, -0.15) is 0 Å². The number of benzene rings is 2. The summed E-state index contributed by atoms with van der Waals surface area (Å²) in [5.74, 6) is 1.66. The van der Waals surface area contributed by atoms with Crippen LogP contribution in [0.2, 0.25) is 0 Å². The number of ether oxygens (including phenoxy) is 2. The molecule has 0 fully saturated rings. The number of amides is 1. The second-order valence-corrected chi connectivity index (χ2v) is 7.71. The van der Waals surface area contributed by atoms with Crippen LogP contribution in [0.1, 0.15) is 34.7 Å². The van der Waals surface area contributed by atoms with Gasteiger partial charge < -0.3 is 14.4 Å². The minimum absolute atomic E-state index is 0.187. The number of methoxy groups -OCH3 is 2. The molecular weight excluding hydrogens is 352 g/mol. The van der Waals surface area contributed by atoms with Crippen molar-refractivity contribution in [2.75, 3.05) is 34.4 Å². The number of nitrogens with zero attached hydrogens (tertiary/aromatic N) is 2. The van der Waals surface area contributed by atoms with Crippen molar-refractivity contribution in [1.29, 1.82) is 0 Å². The maximum absolute atomic E-state index is 13.0. The van der Waals surface area contributed by atoms with Gasteiger partial charge in [0, 0.05) is 19.1 Å². The van der Waals surface area contributed by atoms with Gasteiger partial charge in [-0.1, -0.05) is 24.3 Å². The molecule has 0 radical (unpaired) electrons. The van der Waals surface area contributed by atoms with Crippen LogP contribution in [0.4, 0.5) is 0 Å². The van der Waals surface area contributed by atoms with Crippen molar-refractivity contribution in [3.63, 3.8) is 0 Å². The van der Waals surface area contributed by atoms with Crippen molar-refractivity contribution in [3.8, 4) is 11.5 Å². The molecule has 2 aromatic rings. The van der Waals surface area contributed by atoms with Crippen LogP contribution in [0.25, 0.3) is 0 Å². The summed E-state index contributed by atoms with van der Waals surface area (Å²) in [6, 6.07) is 13.0. The molecule has 5 heteroatoms. The van der Waals surface area contributed by atoms with E-state index in [0.29, 0.717) is 19.1 Å². The number of fused-ring (bicyclic) bond motifs is 2. The predicted octanol–water partition coefficient (Wildman–Crippen LogP) is 3.21. The fraction of sp³-hybridized carbons (Fsp3) is 0.435.